The van der Waals surface area contributed by atoms with Crippen molar-refractivity contribution in [2.75, 3.05) is 6.61 Å². The molecule has 0 atom stereocenters. The van der Waals surface area contributed by atoms with Crippen LogP contribution < -0.4 is 4.74 Å². The van der Waals surface area contributed by atoms with Crippen LogP contribution in [-0.4, -0.2) is 6.61 Å². The lowest BCUT2D eigenvalue weighted by Gasteiger charge is -2.34. The maximum absolute atomic E-state index is 5.69. The van der Waals surface area contributed by atoms with Gasteiger partial charge in [-0.1, -0.05) is 103 Å². The van der Waals surface area contributed by atoms with Crippen molar-refractivity contribution in [3.63, 3.8) is 0 Å². The summed E-state index contributed by atoms with van der Waals surface area (Å²) in [6.45, 7) is 0.645. The largest absolute Gasteiger partial charge is 0.481 e. The second-order valence-corrected chi connectivity index (χ2v) is 10.4. The summed E-state index contributed by atoms with van der Waals surface area (Å²) in [7, 11) is 0. The number of rotatable bonds is 6. The summed E-state index contributed by atoms with van der Waals surface area (Å²) >= 11 is 0. The third-order valence-corrected chi connectivity index (χ3v) is 8.18. The van der Waals surface area contributed by atoms with Gasteiger partial charge in [0, 0.05) is 0 Å². The van der Waals surface area contributed by atoms with Gasteiger partial charge in [-0.2, -0.15) is 0 Å². The van der Waals surface area contributed by atoms with Gasteiger partial charge in [-0.3, -0.25) is 0 Å². The molecule has 2 nitrogen and oxygen atoms in total. The maximum Gasteiger partial charge on any atom is 0.148 e. The number of fused-ring (bicyclic) bond motifs is 5. The third kappa shape index (κ3) is 3.93. The molecule has 0 spiro atoms. The van der Waals surface area contributed by atoms with Crippen molar-refractivity contribution in [2.45, 2.75) is 12.0 Å². The second kappa shape index (κ2) is 9.95. The van der Waals surface area contributed by atoms with Gasteiger partial charge in [-0.15, -0.1) is 6.42 Å². The van der Waals surface area contributed by atoms with Crippen LogP contribution in [-0.2, 0) is 16.8 Å². The molecule has 0 aromatic heterocycles. The van der Waals surface area contributed by atoms with E-state index in [1.807, 2.05) is 6.07 Å². The van der Waals surface area contributed by atoms with Gasteiger partial charge in [0.25, 0.3) is 0 Å². The lowest BCUT2D eigenvalue weighted by molar-refractivity contribution is 0.265. The van der Waals surface area contributed by atoms with E-state index in [1.165, 1.54) is 38.8 Å². The zero-order valence-electron chi connectivity index (χ0n) is 22.4. The molecule has 0 heterocycles. The topological polar surface area (TPSA) is 18.5 Å². The molecule has 0 bridgehead atoms. The first-order valence-corrected chi connectivity index (χ1v) is 13.6. The number of ether oxygens (including phenoxy) is 2. The minimum absolute atomic E-state index is 0.251. The van der Waals surface area contributed by atoms with Gasteiger partial charge in [0.2, 0.25) is 0 Å². The van der Waals surface area contributed by atoms with E-state index in [4.69, 9.17) is 22.3 Å². The summed E-state index contributed by atoms with van der Waals surface area (Å²) in [6, 6.07) is 43.7. The number of benzene rings is 6. The van der Waals surface area contributed by atoms with Crippen molar-refractivity contribution in [3.8, 4) is 41.8 Å². The molecule has 0 saturated heterocycles. The number of terminal acetylenes is 2. The van der Waals surface area contributed by atoms with Crippen LogP contribution in [0.1, 0.15) is 27.8 Å². The fraction of sp³-hybridized carbons (Fsp3) is 0.0769. The Balaban J connectivity index is 1.48. The van der Waals surface area contributed by atoms with E-state index in [0.29, 0.717) is 6.61 Å². The highest BCUT2D eigenvalue weighted by Crippen LogP contribution is 2.56. The predicted octanol–water partition coefficient (Wildman–Crippen LogP) is 8.48. The summed E-state index contributed by atoms with van der Waals surface area (Å²) in [6.07, 6.45) is 13.0. The zero-order valence-corrected chi connectivity index (χ0v) is 22.4. The lowest BCUT2D eigenvalue weighted by Crippen LogP contribution is -2.28. The van der Waals surface area contributed by atoms with Crippen LogP contribution in [0.5, 0.6) is 5.75 Å². The molecule has 0 unspecified atom stereocenters. The predicted molar refractivity (Wildman–Crippen MR) is 167 cm³/mol. The Labute approximate surface area is 240 Å². The average molecular weight is 527 g/mol. The van der Waals surface area contributed by atoms with Gasteiger partial charge in [0.1, 0.15) is 25.1 Å². The first kappa shape index (κ1) is 24.6. The number of hydrogen-bond acceptors (Lipinski definition) is 2. The van der Waals surface area contributed by atoms with Crippen LogP contribution in [0.15, 0.2) is 121 Å². The molecule has 41 heavy (non-hydrogen) atoms. The molecule has 194 valence electrons. The fourth-order valence-electron chi connectivity index (χ4n) is 6.44. The van der Waals surface area contributed by atoms with E-state index >= 15 is 0 Å². The third-order valence-electron chi connectivity index (χ3n) is 8.18. The molecule has 0 N–H and O–H groups in total. The van der Waals surface area contributed by atoms with E-state index in [1.54, 1.807) is 0 Å². The molecule has 1 aliphatic rings. The van der Waals surface area contributed by atoms with Crippen molar-refractivity contribution >= 4 is 21.5 Å². The van der Waals surface area contributed by atoms with Gasteiger partial charge in [-0.05, 0) is 90.8 Å². The Morgan fingerprint density at radius 1 is 0.585 bits per heavy atom. The molecule has 6 aromatic rings. The minimum atomic E-state index is -0.487. The first-order valence-electron chi connectivity index (χ1n) is 13.6. The lowest BCUT2D eigenvalue weighted by atomic mass is 9.67. The second-order valence-electron chi connectivity index (χ2n) is 10.4. The van der Waals surface area contributed by atoms with Crippen LogP contribution in [0.25, 0.3) is 32.7 Å². The summed E-state index contributed by atoms with van der Waals surface area (Å²) in [5.74, 6) is 3.31. The molecular weight excluding hydrogens is 500 g/mol. The Hall–Kier alpha value is -5.44. The Morgan fingerprint density at radius 3 is 1.78 bits per heavy atom. The van der Waals surface area contributed by atoms with E-state index in [9.17, 15) is 0 Å². The highest BCUT2D eigenvalue weighted by molar-refractivity contribution is 5.92. The zero-order chi connectivity index (χ0) is 27.8. The molecule has 0 aliphatic heterocycles. The Morgan fingerprint density at radius 2 is 1.15 bits per heavy atom. The van der Waals surface area contributed by atoms with E-state index in [2.05, 4.69) is 127 Å². The normalized spacial score (nSPS) is 12.7. The molecule has 0 radical (unpaired) electrons. The van der Waals surface area contributed by atoms with Crippen LogP contribution in [0, 0.1) is 24.9 Å². The van der Waals surface area contributed by atoms with Crippen LogP contribution >= 0.6 is 0 Å². The van der Waals surface area contributed by atoms with Crippen molar-refractivity contribution in [2.24, 2.45) is 0 Å². The smallest absolute Gasteiger partial charge is 0.148 e. The van der Waals surface area contributed by atoms with Crippen molar-refractivity contribution in [1.82, 2.24) is 0 Å². The molecular formula is C39H26O2. The highest BCUT2D eigenvalue weighted by atomic mass is 16.5. The molecule has 0 fully saturated rings. The molecule has 2 heteroatoms. The fourth-order valence-corrected chi connectivity index (χ4v) is 6.44. The number of hydrogen-bond donors (Lipinski definition) is 0. The summed E-state index contributed by atoms with van der Waals surface area (Å²) in [4.78, 5) is 0. The van der Waals surface area contributed by atoms with E-state index in [-0.39, 0.29) is 6.61 Å². The van der Waals surface area contributed by atoms with Gasteiger partial charge in [0.15, 0.2) is 0 Å². The molecule has 1 aliphatic carbocycles. The van der Waals surface area contributed by atoms with Crippen molar-refractivity contribution in [1.29, 1.82) is 0 Å². The standard InChI is InChI=1S/C39H26O2/c1-3-21-41-34-20-17-30-24-33(19-16-31(30)25-34)39(37-11-7-5-9-35(37)36-10-6-8-12-38(36)39)32-18-15-28-22-27(26-40-4-2)13-14-29(28)23-32/h1-2,5-20,22-25H,21,26H2. The molecule has 0 saturated carbocycles. The quantitative estimate of drug-likeness (QED) is 0.202. The maximum atomic E-state index is 5.69. The summed E-state index contributed by atoms with van der Waals surface area (Å²) in [5, 5.41) is 4.58. The molecule has 7 rings (SSSR count). The monoisotopic (exact) mass is 526 g/mol. The van der Waals surface area contributed by atoms with Crippen molar-refractivity contribution in [3.05, 3.63) is 149 Å². The van der Waals surface area contributed by atoms with Crippen molar-refractivity contribution < 1.29 is 9.47 Å². The molecule has 0 amide bonds. The van der Waals surface area contributed by atoms with Gasteiger partial charge < -0.3 is 9.47 Å². The Bertz CT molecular complexity index is 1890. The van der Waals surface area contributed by atoms with Gasteiger partial charge in [-0.25, -0.2) is 0 Å². The van der Waals surface area contributed by atoms with E-state index < -0.39 is 5.41 Å². The first-order chi connectivity index (χ1) is 20.2. The van der Waals surface area contributed by atoms with Gasteiger partial charge in [0.05, 0.1) is 5.41 Å². The molecule has 6 aromatic carbocycles. The average Bonchev–Trinajstić information content (AvgIpc) is 3.33. The summed E-state index contributed by atoms with van der Waals surface area (Å²) < 4.78 is 10.9. The Kier molecular flexibility index (Phi) is 5.96. The van der Waals surface area contributed by atoms with Crippen LogP contribution in [0.2, 0.25) is 0 Å². The highest BCUT2D eigenvalue weighted by Gasteiger charge is 2.46. The van der Waals surface area contributed by atoms with Gasteiger partial charge >= 0.3 is 0 Å². The summed E-state index contributed by atoms with van der Waals surface area (Å²) in [5.41, 5.74) is 8.11. The SMILES string of the molecule is C#CCOc1ccc2cc(C3(c4ccc5cc(COC#C)ccc5c4)c4ccccc4-c4ccccc43)ccc2c1. The minimum Gasteiger partial charge on any atom is -0.481 e. The van der Waals surface area contributed by atoms with E-state index in [0.717, 1.165) is 27.5 Å². The van der Waals surface area contributed by atoms with Crippen LogP contribution in [0.3, 0.4) is 0 Å². The van der Waals surface area contributed by atoms with Crippen LogP contribution in [0.4, 0.5) is 0 Å².